The molecule has 0 bridgehead atoms. The zero-order chi connectivity index (χ0) is 25.0. The Morgan fingerprint density at radius 1 is 0.667 bits per heavy atom. The highest BCUT2D eigenvalue weighted by Gasteiger charge is 2.47. The van der Waals surface area contributed by atoms with Gasteiger partial charge in [0.05, 0.1) is 0 Å². The van der Waals surface area contributed by atoms with Crippen LogP contribution in [0.2, 0.25) is 0 Å². The number of nitrogens with zero attached hydrogens (tertiary/aromatic N) is 6. The van der Waals surface area contributed by atoms with Crippen LogP contribution in [0.5, 0.6) is 0 Å². The van der Waals surface area contributed by atoms with E-state index in [1.807, 2.05) is 74.4 Å². The first-order chi connectivity index (χ1) is 14.9. The maximum absolute atomic E-state index is 12.7. The van der Waals surface area contributed by atoms with Gasteiger partial charge in [-0.2, -0.15) is 15.0 Å². The molecule has 1 aromatic rings. The van der Waals surface area contributed by atoms with Gasteiger partial charge in [-0.25, -0.2) is 0 Å². The number of hydroxylamine groups is 4. The van der Waals surface area contributed by atoms with Crippen LogP contribution in [0.3, 0.4) is 0 Å². The molecular formula is C23H42N8O2. The minimum Gasteiger partial charge on any atom is -0.351 e. The van der Waals surface area contributed by atoms with E-state index in [0.29, 0.717) is 43.5 Å². The molecular weight excluding hydrogens is 420 g/mol. The van der Waals surface area contributed by atoms with Gasteiger partial charge >= 0.3 is 0 Å². The Bertz CT molecular complexity index is 757. The highest BCUT2D eigenvalue weighted by Crippen LogP contribution is 2.39. The van der Waals surface area contributed by atoms with E-state index in [2.05, 4.69) is 25.6 Å². The van der Waals surface area contributed by atoms with Crippen molar-refractivity contribution < 1.29 is 10.4 Å². The fraction of sp³-hybridized carbons (Fsp3) is 0.870. The summed E-state index contributed by atoms with van der Waals surface area (Å²) in [6, 6.07) is 0.124. The van der Waals surface area contributed by atoms with E-state index in [1.165, 1.54) is 10.1 Å². The monoisotopic (exact) mass is 462 g/mol. The molecule has 2 radical (unpaired) electrons. The molecule has 3 heterocycles. The third-order valence-electron chi connectivity index (χ3n) is 6.87. The molecule has 0 atom stereocenters. The van der Waals surface area contributed by atoms with E-state index < -0.39 is 22.2 Å². The van der Waals surface area contributed by atoms with Crippen LogP contribution in [0.15, 0.2) is 0 Å². The molecule has 33 heavy (non-hydrogen) atoms. The number of hydrogen-bond donors (Lipinski definition) is 2. The summed E-state index contributed by atoms with van der Waals surface area (Å²) in [5, 5.41) is 34.8. The summed E-state index contributed by atoms with van der Waals surface area (Å²) in [4.78, 5) is 15.7. The second-order valence-electron chi connectivity index (χ2n) is 12.5. The van der Waals surface area contributed by atoms with Crippen molar-refractivity contribution in [2.45, 2.75) is 115 Å². The normalized spacial score (nSPS) is 25.6. The maximum atomic E-state index is 12.7. The smallest absolute Gasteiger partial charge is 0.231 e. The Morgan fingerprint density at radius 3 is 1.24 bits per heavy atom. The van der Waals surface area contributed by atoms with Crippen molar-refractivity contribution in [1.82, 2.24) is 25.1 Å². The fourth-order valence-electron chi connectivity index (χ4n) is 5.79. The number of rotatable bonds is 5. The number of piperidine rings is 2. The van der Waals surface area contributed by atoms with E-state index in [9.17, 15) is 10.4 Å². The largest absolute Gasteiger partial charge is 0.351 e. The lowest BCUT2D eigenvalue weighted by molar-refractivity contribution is -0.288. The van der Waals surface area contributed by atoms with E-state index >= 15 is 0 Å². The maximum Gasteiger partial charge on any atom is 0.231 e. The van der Waals surface area contributed by atoms with Crippen molar-refractivity contribution in [3.63, 3.8) is 0 Å². The molecule has 0 aromatic carbocycles. The molecule has 0 amide bonds. The minimum atomic E-state index is -0.485. The summed E-state index contributed by atoms with van der Waals surface area (Å²) < 4.78 is 0. The topological polar surface area (TPSA) is 112 Å². The van der Waals surface area contributed by atoms with E-state index in [4.69, 9.17) is 0 Å². The molecule has 10 nitrogen and oxygen atoms in total. The summed E-state index contributed by atoms with van der Waals surface area (Å²) >= 11 is 0. The Balaban J connectivity index is 1.83. The summed E-state index contributed by atoms with van der Waals surface area (Å²) in [7, 11) is 3.79. The van der Waals surface area contributed by atoms with Crippen molar-refractivity contribution in [2.75, 3.05) is 29.6 Å². The third-order valence-corrected chi connectivity index (χ3v) is 6.87. The molecule has 186 valence electrons. The fourth-order valence-corrected chi connectivity index (χ4v) is 5.79. The lowest BCUT2D eigenvalue weighted by atomic mass is 9.79. The average molecular weight is 463 g/mol. The van der Waals surface area contributed by atoms with Gasteiger partial charge in [0.25, 0.3) is 0 Å². The highest BCUT2D eigenvalue weighted by molar-refractivity contribution is 5.44. The predicted octanol–water partition coefficient (Wildman–Crippen LogP) is 3.50. The SMILES string of the molecule is CN(C)c1nc(NC2CC(C)(C)N([O])C(C)(C)C2)nc(NC2CC(C)(C)N([O])C(C)(C)C2)n1. The van der Waals surface area contributed by atoms with Crippen LogP contribution in [0.4, 0.5) is 17.8 Å². The van der Waals surface area contributed by atoms with Crippen molar-refractivity contribution in [2.24, 2.45) is 0 Å². The van der Waals surface area contributed by atoms with E-state index in [1.54, 1.807) is 0 Å². The molecule has 2 N–H and O–H groups in total. The van der Waals surface area contributed by atoms with Crippen LogP contribution in [0.25, 0.3) is 0 Å². The van der Waals surface area contributed by atoms with Crippen LogP contribution in [0.1, 0.15) is 81.1 Å². The average Bonchev–Trinajstić information content (AvgIpc) is 2.63. The molecule has 0 saturated carbocycles. The molecule has 0 unspecified atom stereocenters. The van der Waals surface area contributed by atoms with Gasteiger partial charge in [0.15, 0.2) is 0 Å². The molecule has 0 aliphatic carbocycles. The summed E-state index contributed by atoms with van der Waals surface area (Å²) in [5.74, 6) is 1.54. The Morgan fingerprint density at radius 2 is 0.970 bits per heavy atom. The molecule has 2 saturated heterocycles. The van der Waals surface area contributed by atoms with E-state index in [-0.39, 0.29) is 12.1 Å². The first-order valence-corrected chi connectivity index (χ1v) is 11.8. The predicted molar refractivity (Wildman–Crippen MR) is 129 cm³/mol. The first-order valence-electron chi connectivity index (χ1n) is 11.8. The van der Waals surface area contributed by atoms with Gasteiger partial charge in [-0.3, -0.25) is 0 Å². The Hall–Kier alpha value is -1.75. The van der Waals surface area contributed by atoms with Gasteiger partial charge in [-0.05, 0) is 81.1 Å². The van der Waals surface area contributed by atoms with Gasteiger partial charge in [0.1, 0.15) is 0 Å². The van der Waals surface area contributed by atoms with Crippen LogP contribution >= 0.6 is 0 Å². The molecule has 1 aromatic heterocycles. The first kappa shape index (κ1) is 25.9. The van der Waals surface area contributed by atoms with Crippen molar-refractivity contribution in [3.05, 3.63) is 0 Å². The van der Waals surface area contributed by atoms with Crippen LogP contribution < -0.4 is 15.5 Å². The molecule has 2 fully saturated rings. The molecule has 2 aliphatic heterocycles. The van der Waals surface area contributed by atoms with Crippen LogP contribution in [-0.4, -0.2) is 73.4 Å². The number of nitrogens with one attached hydrogen (secondary N) is 2. The molecule has 2 aliphatic rings. The standard InChI is InChI=1S/C23H42N8O2/c1-20(2)11-15(12-21(3,4)30(20)32)24-17-26-18(28-19(27-17)29(9)10)25-16-13-22(5,6)31(33)23(7,8)14-16/h15-16H,11-14H2,1-10H3,(H2,24,25,26,27,28). The number of aromatic nitrogens is 3. The van der Waals surface area contributed by atoms with Gasteiger partial charge in [0.2, 0.25) is 17.8 Å². The highest BCUT2D eigenvalue weighted by atomic mass is 16.5. The number of anilines is 3. The number of hydrogen-bond acceptors (Lipinski definition) is 8. The zero-order valence-electron chi connectivity index (χ0n) is 22.0. The van der Waals surface area contributed by atoms with Crippen LogP contribution in [0, 0.1) is 0 Å². The van der Waals surface area contributed by atoms with Crippen LogP contribution in [-0.2, 0) is 10.4 Å². The lowest BCUT2D eigenvalue weighted by Crippen LogP contribution is -2.60. The van der Waals surface area contributed by atoms with Gasteiger partial charge < -0.3 is 15.5 Å². The van der Waals surface area contributed by atoms with Gasteiger partial charge in [0, 0.05) is 48.3 Å². The Kier molecular flexibility index (Phi) is 6.65. The van der Waals surface area contributed by atoms with E-state index in [0.717, 1.165) is 0 Å². The second-order valence-corrected chi connectivity index (χ2v) is 12.5. The van der Waals surface area contributed by atoms with Crippen molar-refractivity contribution >= 4 is 17.8 Å². The summed E-state index contributed by atoms with van der Waals surface area (Å²) in [5.41, 5.74) is -1.94. The van der Waals surface area contributed by atoms with Crippen molar-refractivity contribution in [1.29, 1.82) is 0 Å². The molecule has 0 spiro atoms. The quantitative estimate of drug-likeness (QED) is 0.684. The second kappa shape index (κ2) is 8.48. The lowest BCUT2D eigenvalue weighted by Gasteiger charge is -2.50. The summed E-state index contributed by atoms with van der Waals surface area (Å²) in [6.07, 6.45) is 2.76. The third kappa shape index (κ3) is 5.50. The van der Waals surface area contributed by atoms with Crippen molar-refractivity contribution in [3.8, 4) is 0 Å². The Labute approximate surface area is 198 Å². The molecule has 3 rings (SSSR count). The van der Waals surface area contributed by atoms with Gasteiger partial charge in [-0.1, -0.05) is 0 Å². The summed E-state index contributed by atoms with van der Waals surface area (Å²) in [6.45, 7) is 15.8. The zero-order valence-corrected chi connectivity index (χ0v) is 22.0. The molecule has 10 heteroatoms. The van der Waals surface area contributed by atoms with Gasteiger partial charge in [-0.15, -0.1) is 20.5 Å². The minimum absolute atomic E-state index is 0.0621.